The number of aliphatic imine (C=N–C) groups is 1. The van der Waals surface area contributed by atoms with Crippen molar-refractivity contribution < 1.29 is 23.0 Å². The summed E-state index contributed by atoms with van der Waals surface area (Å²) in [6.07, 6.45) is -0.982. The topological polar surface area (TPSA) is 83.7 Å². The van der Waals surface area contributed by atoms with Crippen molar-refractivity contribution in [1.82, 2.24) is 0 Å². The van der Waals surface area contributed by atoms with Crippen LogP contribution in [0.4, 0.5) is 14.5 Å². The minimum Gasteiger partial charge on any atom is -0.493 e. The minimum atomic E-state index is -2.57. The average Bonchev–Trinajstić information content (AvgIpc) is 2.89. The van der Waals surface area contributed by atoms with E-state index in [1.807, 2.05) is 38.1 Å². The fourth-order valence-corrected chi connectivity index (χ4v) is 4.19. The molecular weight excluding hydrogens is 476 g/mol. The second-order valence-electron chi connectivity index (χ2n) is 8.68. The van der Waals surface area contributed by atoms with Gasteiger partial charge in [0.1, 0.15) is 5.92 Å². The van der Waals surface area contributed by atoms with Crippen molar-refractivity contribution in [3.8, 4) is 17.6 Å². The maximum Gasteiger partial charge on any atom is 0.263 e. The molecule has 0 bridgehead atoms. The summed E-state index contributed by atoms with van der Waals surface area (Å²) in [5.41, 5.74) is 3.33. The van der Waals surface area contributed by atoms with Crippen LogP contribution in [0.1, 0.15) is 35.6 Å². The number of nitrogens with one attached hydrogen (secondary N) is 1. The van der Waals surface area contributed by atoms with Crippen molar-refractivity contribution in [2.24, 2.45) is 16.8 Å². The number of aryl methyl sites for hydroxylation is 1. The van der Waals surface area contributed by atoms with Crippen LogP contribution in [0.15, 0.2) is 77.9 Å². The molecule has 4 rings (SSSR count). The number of allylic oxidation sites excluding steroid dienone is 1. The molecule has 3 aromatic rings. The molecule has 1 heterocycles. The van der Waals surface area contributed by atoms with Crippen molar-refractivity contribution in [3.63, 3.8) is 0 Å². The molecule has 0 aromatic heterocycles. The molecule has 0 aliphatic carbocycles. The Morgan fingerprint density at radius 1 is 1.08 bits per heavy atom. The van der Waals surface area contributed by atoms with Crippen molar-refractivity contribution in [2.75, 3.05) is 12.4 Å². The van der Waals surface area contributed by atoms with Crippen molar-refractivity contribution in [2.45, 2.75) is 20.3 Å². The number of methoxy groups -OCH3 is 1. The number of ether oxygens (including phenoxy) is 2. The van der Waals surface area contributed by atoms with Crippen LogP contribution in [0.5, 0.6) is 11.5 Å². The summed E-state index contributed by atoms with van der Waals surface area (Å²) in [6.45, 7) is 3.79. The second kappa shape index (κ2) is 11.0. The highest BCUT2D eigenvalue weighted by Gasteiger charge is 2.37. The fraction of sp³-hybridized carbons (Fsp3) is 0.207. The number of hydrogen-bond acceptors (Lipinski definition) is 5. The molecular formula is C29H25F2N3O3. The number of carbonyl (C=O) groups is 1. The van der Waals surface area contributed by atoms with E-state index in [1.165, 1.54) is 25.3 Å². The standard InChI is InChI=1S/C29H25F2N3O3/c1-17-5-4-6-22(13-17)34-28(35)26-18(2)23(20-8-10-21(11-9-20)27(30)31)16-33-29(26)37-24-12-7-19(15-32)14-25(24)36-3/h4-14,16,18,26-27H,1-3H3,(H,34,35). The Kier molecular flexibility index (Phi) is 7.63. The van der Waals surface area contributed by atoms with Crippen LogP contribution in [0.2, 0.25) is 0 Å². The molecule has 0 radical (unpaired) electrons. The van der Waals surface area contributed by atoms with Gasteiger partial charge in [-0.25, -0.2) is 13.8 Å². The molecule has 0 saturated heterocycles. The molecule has 1 aliphatic heterocycles. The van der Waals surface area contributed by atoms with Gasteiger partial charge in [-0.3, -0.25) is 4.79 Å². The summed E-state index contributed by atoms with van der Waals surface area (Å²) >= 11 is 0. The van der Waals surface area contributed by atoms with E-state index >= 15 is 0 Å². The summed E-state index contributed by atoms with van der Waals surface area (Å²) in [4.78, 5) is 18.1. The highest BCUT2D eigenvalue weighted by molar-refractivity contribution is 6.09. The van der Waals surface area contributed by atoms with Crippen LogP contribution in [-0.2, 0) is 4.79 Å². The first-order valence-electron chi connectivity index (χ1n) is 11.6. The van der Waals surface area contributed by atoms with Gasteiger partial charge in [-0.2, -0.15) is 5.26 Å². The molecule has 3 aromatic carbocycles. The molecule has 8 heteroatoms. The van der Waals surface area contributed by atoms with Gasteiger partial charge in [-0.05, 0) is 47.9 Å². The van der Waals surface area contributed by atoms with Gasteiger partial charge in [0, 0.05) is 29.4 Å². The van der Waals surface area contributed by atoms with Gasteiger partial charge < -0.3 is 14.8 Å². The van der Waals surface area contributed by atoms with E-state index in [0.717, 1.165) is 5.56 Å². The van der Waals surface area contributed by atoms with Gasteiger partial charge in [0.2, 0.25) is 11.8 Å². The van der Waals surface area contributed by atoms with Crippen LogP contribution < -0.4 is 14.8 Å². The lowest BCUT2D eigenvalue weighted by Crippen LogP contribution is -2.39. The van der Waals surface area contributed by atoms with Crippen LogP contribution in [-0.4, -0.2) is 18.9 Å². The third kappa shape index (κ3) is 5.67. The third-order valence-corrected chi connectivity index (χ3v) is 6.16. The molecule has 0 spiro atoms. The van der Waals surface area contributed by atoms with Gasteiger partial charge in [-0.15, -0.1) is 0 Å². The fourth-order valence-electron chi connectivity index (χ4n) is 4.19. The molecule has 0 fully saturated rings. The summed E-state index contributed by atoms with van der Waals surface area (Å²) in [6, 6.07) is 20.1. The summed E-state index contributed by atoms with van der Waals surface area (Å²) in [5, 5.41) is 12.1. The number of nitriles is 1. The summed E-state index contributed by atoms with van der Waals surface area (Å²) < 4.78 is 37.6. The molecule has 0 saturated carbocycles. The Bertz CT molecular complexity index is 1410. The van der Waals surface area contributed by atoms with E-state index in [1.54, 1.807) is 36.5 Å². The van der Waals surface area contributed by atoms with Crippen LogP contribution in [0, 0.1) is 30.1 Å². The number of hydrogen-bond donors (Lipinski definition) is 1. The first-order chi connectivity index (χ1) is 17.8. The largest absolute Gasteiger partial charge is 0.493 e. The highest BCUT2D eigenvalue weighted by Crippen LogP contribution is 2.37. The number of rotatable bonds is 6. The first kappa shape index (κ1) is 25.6. The van der Waals surface area contributed by atoms with Gasteiger partial charge in [0.05, 0.1) is 18.7 Å². The van der Waals surface area contributed by atoms with E-state index in [4.69, 9.17) is 9.47 Å². The predicted molar refractivity (Wildman–Crippen MR) is 138 cm³/mol. The van der Waals surface area contributed by atoms with E-state index < -0.39 is 18.3 Å². The Balaban J connectivity index is 1.72. The zero-order chi connectivity index (χ0) is 26.5. The lowest BCUT2D eigenvalue weighted by Gasteiger charge is -2.29. The van der Waals surface area contributed by atoms with Crippen molar-refractivity contribution >= 4 is 23.1 Å². The smallest absolute Gasteiger partial charge is 0.263 e. The highest BCUT2D eigenvalue weighted by atomic mass is 19.3. The number of halogens is 2. The Labute approximate surface area is 213 Å². The van der Waals surface area contributed by atoms with Crippen LogP contribution >= 0.6 is 0 Å². The lowest BCUT2D eigenvalue weighted by molar-refractivity contribution is -0.118. The number of amides is 1. The Morgan fingerprint density at radius 2 is 1.84 bits per heavy atom. The Hall–Kier alpha value is -4.51. The van der Waals surface area contributed by atoms with Gasteiger partial charge in [-0.1, -0.05) is 43.3 Å². The SMILES string of the molecule is COc1cc(C#N)ccc1OC1=NC=C(c2ccc(C(F)F)cc2)C(C)C1C(=O)Nc1cccc(C)c1. The molecule has 1 aliphatic rings. The maximum absolute atomic E-state index is 13.6. The number of carbonyl (C=O) groups excluding carboxylic acids is 1. The average molecular weight is 502 g/mol. The number of benzene rings is 3. The zero-order valence-corrected chi connectivity index (χ0v) is 20.5. The van der Waals surface area contributed by atoms with E-state index in [0.29, 0.717) is 33.9 Å². The van der Waals surface area contributed by atoms with Crippen LogP contribution in [0.3, 0.4) is 0 Å². The normalized spacial score (nSPS) is 16.9. The summed E-state index contributed by atoms with van der Waals surface area (Å²) in [7, 11) is 1.46. The molecule has 188 valence electrons. The minimum absolute atomic E-state index is 0.0815. The number of anilines is 1. The second-order valence-corrected chi connectivity index (χ2v) is 8.68. The van der Waals surface area contributed by atoms with Gasteiger partial charge in [0.25, 0.3) is 6.43 Å². The van der Waals surface area contributed by atoms with E-state index in [9.17, 15) is 18.8 Å². The molecule has 37 heavy (non-hydrogen) atoms. The monoisotopic (exact) mass is 501 g/mol. The molecule has 6 nitrogen and oxygen atoms in total. The molecule has 1 amide bonds. The van der Waals surface area contributed by atoms with E-state index in [-0.39, 0.29) is 17.4 Å². The van der Waals surface area contributed by atoms with Gasteiger partial charge in [0.15, 0.2) is 11.5 Å². The molecule has 1 N–H and O–H groups in total. The van der Waals surface area contributed by atoms with E-state index in [2.05, 4.69) is 10.3 Å². The van der Waals surface area contributed by atoms with Gasteiger partial charge >= 0.3 is 0 Å². The number of nitrogens with zero attached hydrogens (tertiary/aromatic N) is 2. The Morgan fingerprint density at radius 3 is 2.49 bits per heavy atom. The van der Waals surface area contributed by atoms with Crippen LogP contribution in [0.25, 0.3) is 5.57 Å². The van der Waals surface area contributed by atoms with Crippen molar-refractivity contribution in [1.29, 1.82) is 5.26 Å². The molecule has 2 unspecified atom stereocenters. The quantitative estimate of drug-likeness (QED) is 0.416. The number of alkyl halides is 2. The third-order valence-electron chi connectivity index (χ3n) is 6.16. The predicted octanol–water partition coefficient (Wildman–Crippen LogP) is 6.54. The maximum atomic E-state index is 13.6. The zero-order valence-electron chi connectivity index (χ0n) is 20.5. The van der Waals surface area contributed by atoms with Crippen molar-refractivity contribution in [3.05, 3.63) is 95.2 Å². The lowest BCUT2D eigenvalue weighted by atomic mass is 9.81. The first-order valence-corrected chi connectivity index (χ1v) is 11.6. The summed E-state index contributed by atoms with van der Waals surface area (Å²) in [5.74, 6) is -0.800. The molecule has 2 atom stereocenters.